The van der Waals surface area contributed by atoms with Gasteiger partial charge in [0.1, 0.15) is 12.6 Å². The maximum Gasteiger partial charge on any atom is 0.231 e. The summed E-state index contributed by atoms with van der Waals surface area (Å²) in [7, 11) is 0. The molecule has 3 heterocycles. The highest BCUT2D eigenvalue weighted by atomic mass is 16.7. The van der Waals surface area contributed by atoms with Crippen molar-refractivity contribution in [3.05, 3.63) is 47.5 Å². The number of carbonyl (C=O) groups excluding carboxylic acids is 1. The third-order valence-electron chi connectivity index (χ3n) is 5.78. The summed E-state index contributed by atoms with van der Waals surface area (Å²) in [6.07, 6.45) is 9.39. The van der Waals surface area contributed by atoms with Crippen LogP contribution in [-0.2, 0) is 17.6 Å². The maximum absolute atomic E-state index is 11.2. The second kappa shape index (κ2) is 8.69. The van der Waals surface area contributed by atoms with E-state index in [2.05, 4.69) is 33.9 Å². The summed E-state index contributed by atoms with van der Waals surface area (Å²) in [5, 5.41) is 0. The zero-order chi connectivity index (χ0) is 19.3. The van der Waals surface area contributed by atoms with Gasteiger partial charge in [0.15, 0.2) is 11.5 Å². The van der Waals surface area contributed by atoms with Gasteiger partial charge in [-0.1, -0.05) is 19.4 Å². The van der Waals surface area contributed by atoms with Crippen molar-refractivity contribution in [2.24, 2.45) is 0 Å². The van der Waals surface area contributed by atoms with Gasteiger partial charge in [-0.25, -0.2) is 9.97 Å². The molecule has 0 saturated carbocycles. The average Bonchev–Trinajstić information content (AvgIpc) is 3.35. The van der Waals surface area contributed by atoms with Crippen molar-refractivity contribution in [1.82, 2.24) is 14.9 Å². The molecule has 148 valence electrons. The van der Waals surface area contributed by atoms with Crippen LogP contribution in [0.25, 0.3) is 0 Å². The molecule has 0 radical (unpaired) electrons. The number of nitrogens with zero attached hydrogens (tertiary/aromatic N) is 3. The zero-order valence-electron chi connectivity index (χ0n) is 16.3. The molecule has 1 aromatic heterocycles. The lowest BCUT2D eigenvalue weighted by atomic mass is 9.92. The molecule has 0 amide bonds. The van der Waals surface area contributed by atoms with Gasteiger partial charge in [0.25, 0.3) is 0 Å². The predicted molar refractivity (Wildman–Crippen MR) is 106 cm³/mol. The first-order chi connectivity index (χ1) is 13.8. The van der Waals surface area contributed by atoms with Crippen LogP contribution in [0.15, 0.2) is 30.7 Å². The second-order valence-corrected chi connectivity index (χ2v) is 7.61. The van der Waals surface area contributed by atoms with E-state index >= 15 is 0 Å². The van der Waals surface area contributed by atoms with Crippen molar-refractivity contribution >= 4 is 6.29 Å². The van der Waals surface area contributed by atoms with Gasteiger partial charge in [-0.15, -0.1) is 0 Å². The lowest BCUT2D eigenvalue weighted by Gasteiger charge is -2.21. The van der Waals surface area contributed by atoms with Gasteiger partial charge in [-0.3, -0.25) is 4.90 Å². The number of hydrogen-bond acceptors (Lipinski definition) is 6. The number of aromatic nitrogens is 2. The van der Waals surface area contributed by atoms with E-state index < -0.39 is 0 Å². The molecule has 6 heteroatoms. The van der Waals surface area contributed by atoms with Crippen LogP contribution < -0.4 is 9.47 Å². The molecule has 4 rings (SSSR count). The summed E-state index contributed by atoms with van der Waals surface area (Å²) >= 11 is 0. The molecule has 2 atom stereocenters. The van der Waals surface area contributed by atoms with Crippen LogP contribution in [0, 0.1) is 0 Å². The summed E-state index contributed by atoms with van der Waals surface area (Å²) in [5.41, 5.74) is 3.59. The Morgan fingerprint density at radius 3 is 3.00 bits per heavy atom. The Hall–Kier alpha value is -2.47. The summed E-state index contributed by atoms with van der Waals surface area (Å²) < 4.78 is 11.4. The fraction of sp³-hybridized carbons (Fsp3) is 0.500. The highest BCUT2D eigenvalue weighted by molar-refractivity contribution is 5.53. The highest BCUT2D eigenvalue weighted by Gasteiger charge is 2.33. The van der Waals surface area contributed by atoms with E-state index in [-0.39, 0.29) is 0 Å². The van der Waals surface area contributed by atoms with E-state index in [1.165, 1.54) is 11.1 Å². The second-order valence-electron chi connectivity index (χ2n) is 7.61. The van der Waals surface area contributed by atoms with Crippen LogP contribution in [0.5, 0.6) is 11.5 Å². The van der Waals surface area contributed by atoms with Crippen molar-refractivity contribution in [3.8, 4) is 11.5 Å². The Morgan fingerprint density at radius 1 is 1.29 bits per heavy atom. The van der Waals surface area contributed by atoms with E-state index in [4.69, 9.17) is 9.47 Å². The minimum Gasteiger partial charge on any atom is -0.454 e. The Labute approximate surface area is 165 Å². The van der Waals surface area contributed by atoms with Crippen molar-refractivity contribution in [2.75, 3.05) is 19.9 Å². The molecule has 0 aliphatic carbocycles. The van der Waals surface area contributed by atoms with Crippen molar-refractivity contribution < 1.29 is 14.3 Å². The number of fused-ring (bicyclic) bond motifs is 1. The number of ether oxygens (including phenoxy) is 2. The summed E-state index contributed by atoms with van der Waals surface area (Å²) in [6, 6.07) is 6.77. The highest BCUT2D eigenvalue weighted by Crippen LogP contribution is 2.42. The largest absolute Gasteiger partial charge is 0.454 e. The molecule has 2 aromatic rings. The van der Waals surface area contributed by atoms with E-state index in [1.807, 2.05) is 6.07 Å². The fourth-order valence-corrected chi connectivity index (χ4v) is 4.42. The summed E-state index contributed by atoms with van der Waals surface area (Å²) in [4.78, 5) is 21.8. The summed E-state index contributed by atoms with van der Waals surface area (Å²) in [6.45, 7) is 3.87. The smallest absolute Gasteiger partial charge is 0.231 e. The summed E-state index contributed by atoms with van der Waals surface area (Å²) in [5.74, 6) is 2.18. The predicted octanol–water partition coefficient (Wildman–Crippen LogP) is 3.15. The number of benzene rings is 1. The lowest BCUT2D eigenvalue weighted by molar-refractivity contribution is -0.109. The Morgan fingerprint density at radius 2 is 2.21 bits per heavy atom. The minimum atomic E-state index is 0.305. The molecule has 2 aliphatic rings. The van der Waals surface area contributed by atoms with Gasteiger partial charge in [-0.2, -0.15) is 0 Å². The van der Waals surface area contributed by atoms with Crippen LogP contribution in [-0.4, -0.2) is 47.1 Å². The van der Waals surface area contributed by atoms with E-state index in [0.717, 1.165) is 62.1 Å². The molecule has 0 bridgehead atoms. The fourth-order valence-electron chi connectivity index (χ4n) is 4.42. The minimum absolute atomic E-state index is 0.305. The maximum atomic E-state index is 11.2. The van der Waals surface area contributed by atoms with Gasteiger partial charge in [0.2, 0.25) is 6.79 Å². The number of likely N-dealkylation sites (tertiary alicyclic amines) is 1. The van der Waals surface area contributed by atoms with Gasteiger partial charge in [0, 0.05) is 24.5 Å². The topological polar surface area (TPSA) is 64.6 Å². The van der Waals surface area contributed by atoms with Crippen molar-refractivity contribution in [3.63, 3.8) is 0 Å². The quantitative estimate of drug-likeness (QED) is 0.655. The van der Waals surface area contributed by atoms with Crippen LogP contribution >= 0.6 is 0 Å². The van der Waals surface area contributed by atoms with Crippen LogP contribution in [0.4, 0.5) is 0 Å². The van der Waals surface area contributed by atoms with Gasteiger partial charge < -0.3 is 14.3 Å². The number of hydrogen-bond donors (Lipinski definition) is 0. The van der Waals surface area contributed by atoms with Crippen LogP contribution in [0.1, 0.15) is 48.9 Å². The third kappa shape index (κ3) is 4.02. The number of aldehydes is 1. The first kappa shape index (κ1) is 18.9. The zero-order valence-corrected chi connectivity index (χ0v) is 16.3. The average molecular weight is 381 g/mol. The molecule has 6 nitrogen and oxygen atoms in total. The third-order valence-corrected chi connectivity index (χ3v) is 5.78. The van der Waals surface area contributed by atoms with Crippen LogP contribution in [0.2, 0.25) is 0 Å². The molecular weight excluding hydrogens is 354 g/mol. The molecule has 0 N–H and O–H groups in total. The lowest BCUT2D eigenvalue weighted by Crippen LogP contribution is -2.31. The number of aryl methyl sites for hydroxylation is 2. The first-order valence-electron chi connectivity index (χ1n) is 10.1. The monoisotopic (exact) mass is 381 g/mol. The van der Waals surface area contributed by atoms with Gasteiger partial charge in [-0.05, 0) is 54.9 Å². The number of rotatable bonds is 8. The molecule has 0 spiro atoms. The molecule has 1 aromatic carbocycles. The SMILES string of the molecule is CCCc1cc(C2CC(CCc3ccncn3)N(CC=O)C2)cc2c1OCO2. The molecule has 2 aliphatic heterocycles. The van der Waals surface area contributed by atoms with E-state index in [0.29, 0.717) is 25.3 Å². The Balaban J connectivity index is 1.51. The van der Waals surface area contributed by atoms with Crippen LogP contribution in [0.3, 0.4) is 0 Å². The van der Waals surface area contributed by atoms with E-state index in [9.17, 15) is 4.79 Å². The first-order valence-corrected chi connectivity index (χ1v) is 10.1. The Kier molecular flexibility index (Phi) is 5.86. The number of carbonyl (C=O) groups is 1. The molecular formula is C22H27N3O3. The van der Waals surface area contributed by atoms with Gasteiger partial charge in [0.05, 0.1) is 6.54 Å². The molecule has 1 saturated heterocycles. The Bertz CT molecular complexity index is 812. The van der Waals surface area contributed by atoms with Gasteiger partial charge >= 0.3 is 0 Å². The molecule has 1 fully saturated rings. The standard InChI is InChI=1S/C22H27N3O3/c1-2-3-16-10-17(12-21-22(16)28-15-27-21)18-11-20(25(13-18)8-9-26)5-4-19-6-7-23-14-24-19/h6-7,9-10,12,14,18,20H,2-5,8,11,13,15H2,1H3. The van der Waals surface area contributed by atoms with Crippen molar-refractivity contribution in [2.45, 2.75) is 51.0 Å². The van der Waals surface area contributed by atoms with E-state index in [1.54, 1.807) is 12.5 Å². The molecule has 28 heavy (non-hydrogen) atoms. The normalized spacial score (nSPS) is 21.2. The molecule has 2 unspecified atom stereocenters. The van der Waals surface area contributed by atoms with Crippen molar-refractivity contribution in [1.29, 1.82) is 0 Å².